The molecule has 138 valence electrons. The van der Waals surface area contributed by atoms with Gasteiger partial charge in [-0.3, -0.25) is 14.5 Å². The SMILES string of the molecule is N#Cc1cccc(C2CCN(C(=O)[C@H]3CCCN(CC(N)=O)C3)CC2)c1. The third-order valence-electron chi connectivity index (χ3n) is 5.53. The van der Waals surface area contributed by atoms with Crippen LogP contribution in [0.2, 0.25) is 0 Å². The molecule has 0 spiro atoms. The monoisotopic (exact) mass is 354 g/mol. The van der Waals surface area contributed by atoms with Crippen LogP contribution in [0.25, 0.3) is 0 Å². The van der Waals surface area contributed by atoms with Crippen LogP contribution < -0.4 is 5.73 Å². The Morgan fingerprint density at radius 2 is 1.96 bits per heavy atom. The predicted molar refractivity (Wildman–Crippen MR) is 98.1 cm³/mol. The van der Waals surface area contributed by atoms with Crippen molar-refractivity contribution in [1.29, 1.82) is 5.26 Å². The molecule has 0 radical (unpaired) electrons. The predicted octanol–water partition coefficient (Wildman–Crippen LogP) is 1.46. The Bertz CT molecular complexity index is 704. The molecule has 2 aliphatic heterocycles. The first-order valence-corrected chi connectivity index (χ1v) is 9.36. The largest absolute Gasteiger partial charge is 0.369 e. The van der Waals surface area contributed by atoms with E-state index in [9.17, 15) is 9.59 Å². The second kappa shape index (κ2) is 8.33. The highest BCUT2D eigenvalue weighted by molar-refractivity contribution is 5.80. The maximum Gasteiger partial charge on any atom is 0.231 e. The van der Waals surface area contributed by atoms with Crippen molar-refractivity contribution in [2.75, 3.05) is 32.7 Å². The van der Waals surface area contributed by atoms with Gasteiger partial charge in [-0.2, -0.15) is 5.26 Å². The average molecular weight is 354 g/mol. The molecule has 0 bridgehead atoms. The zero-order valence-electron chi connectivity index (χ0n) is 15.1. The fraction of sp³-hybridized carbons (Fsp3) is 0.550. The number of nitriles is 1. The van der Waals surface area contributed by atoms with Gasteiger partial charge in [0.1, 0.15) is 0 Å². The van der Waals surface area contributed by atoms with Crippen molar-refractivity contribution >= 4 is 11.8 Å². The first-order valence-electron chi connectivity index (χ1n) is 9.36. The summed E-state index contributed by atoms with van der Waals surface area (Å²) in [6.07, 6.45) is 3.68. The van der Waals surface area contributed by atoms with Crippen molar-refractivity contribution in [3.63, 3.8) is 0 Å². The fourth-order valence-corrected chi connectivity index (χ4v) is 4.17. The van der Waals surface area contributed by atoms with Gasteiger partial charge in [-0.1, -0.05) is 12.1 Å². The van der Waals surface area contributed by atoms with Gasteiger partial charge in [-0.15, -0.1) is 0 Å². The molecule has 0 unspecified atom stereocenters. The lowest BCUT2D eigenvalue weighted by Gasteiger charge is -2.37. The van der Waals surface area contributed by atoms with Gasteiger partial charge in [-0.05, 0) is 55.8 Å². The summed E-state index contributed by atoms with van der Waals surface area (Å²) in [5, 5.41) is 9.06. The third-order valence-corrected chi connectivity index (χ3v) is 5.53. The van der Waals surface area contributed by atoms with E-state index in [0.717, 1.165) is 45.3 Å². The van der Waals surface area contributed by atoms with Crippen molar-refractivity contribution in [1.82, 2.24) is 9.80 Å². The van der Waals surface area contributed by atoms with Crippen LogP contribution in [0.15, 0.2) is 24.3 Å². The Kier molecular flexibility index (Phi) is 5.89. The minimum atomic E-state index is -0.335. The number of carbonyl (C=O) groups is 2. The van der Waals surface area contributed by atoms with Gasteiger partial charge >= 0.3 is 0 Å². The number of nitrogens with zero attached hydrogens (tertiary/aromatic N) is 3. The van der Waals surface area contributed by atoms with Gasteiger partial charge in [0.25, 0.3) is 0 Å². The Morgan fingerprint density at radius 1 is 1.19 bits per heavy atom. The number of hydrogen-bond donors (Lipinski definition) is 1. The molecule has 26 heavy (non-hydrogen) atoms. The number of primary amides is 1. The fourth-order valence-electron chi connectivity index (χ4n) is 4.17. The van der Waals surface area contributed by atoms with Gasteiger partial charge in [0, 0.05) is 19.6 Å². The van der Waals surface area contributed by atoms with Crippen LogP contribution in [-0.4, -0.2) is 54.3 Å². The molecule has 6 heteroatoms. The Balaban J connectivity index is 1.55. The number of amides is 2. The number of hydrogen-bond acceptors (Lipinski definition) is 4. The first-order chi connectivity index (χ1) is 12.6. The summed E-state index contributed by atoms with van der Waals surface area (Å²) in [4.78, 5) is 28.0. The van der Waals surface area contributed by atoms with Gasteiger partial charge < -0.3 is 10.6 Å². The van der Waals surface area contributed by atoms with E-state index >= 15 is 0 Å². The summed E-state index contributed by atoms with van der Waals surface area (Å²) in [7, 11) is 0. The number of benzene rings is 1. The van der Waals surface area contributed by atoms with E-state index in [2.05, 4.69) is 12.1 Å². The van der Waals surface area contributed by atoms with Gasteiger partial charge in [0.05, 0.1) is 24.1 Å². The molecule has 2 heterocycles. The number of carbonyl (C=O) groups excluding carboxylic acids is 2. The van der Waals surface area contributed by atoms with E-state index in [1.54, 1.807) is 0 Å². The van der Waals surface area contributed by atoms with E-state index in [0.29, 0.717) is 18.0 Å². The van der Waals surface area contributed by atoms with Crippen molar-refractivity contribution in [3.8, 4) is 6.07 Å². The standard InChI is InChI=1S/C20H26N4O2/c21-12-15-3-1-4-17(11-15)16-6-9-24(10-7-16)20(26)18-5-2-8-23(13-18)14-19(22)25/h1,3-4,11,16,18H,2,5-10,13-14H2,(H2,22,25)/t18-/m0/s1. The molecule has 6 nitrogen and oxygen atoms in total. The van der Waals surface area contributed by atoms with Crippen LogP contribution in [0.4, 0.5) is 0 Å². The normalized spacial score (nSPS) is 22.0. The molecule has 0 aromatic heterocycles. The third kappa shape index (κ3) is 4.41. The summed E-state index contributed by atoms with van der Waals surface area (Å²) in [5.41, 5.74) is 7.17. The zero-order chi connectivity index (χ0) is 18.5. The molecular weight excluding hydrogens is 328 g/mol. The highest BCUT2D eigenvalue weighted by Gasteiger charge is 2.32. The maximum absolute atomic E-state index is 12.9. The van der Waals surface area contributed by atoms with Crippen LogP contribution in [0.1, 0.15) is 42.7 Å². The van der Waals surface area contributed by atoms with E-state index in [1.165, 1.54) is 5.56 Å². The molecule has 1 atom stereocenters. The molecule has 1 aromatic carbocycles. The van der Waals surface area contributed by atoms with Crippen molar-refractivity contribution in [2.45, 2.75) is 31.6 Å². The number of nitrogens with two attached hydrogens (primary N) is 1. The second-order valence-corrected chi connectivity index (χ2v) is 7.38. The summed E-state index contributed by atoms with van der Waals surface area (Å²) >= 11 is 0. The molecule has 2 aliphatic rings. The van der Waals surface area contributed by atoms with E-state index in [-0.39, 0.29) is 24.3 Å². The van der Waals surface area contributed by atoms with Crippen LogP contribution in [-0.2, 0) is 9.59 Å². The molecule has 2 N–H and O–H groups in total. The summed E-state index contributed by atoms with van der Waals surface area (Å²) in [6, 6.07) is 9.98. The summed E-state index contributed by atoms with van der Waals surface area (Å²) in [5.74, 6) is 0.258. The topological polar surface area (TPSA) is 90.4 Å². The molecule has 2 saturated heterocycles. The maximum atomic E-state index is 12.9. The van der Waals surface area contributed by atoms with E-state index in [1.807, 2.05) is 28.0 Å². The van der Waals surface area contributed by atoms with Crippen LogP contribution >= 0.6 is 0 Å². The Hall–Kier alpha value is -2.39. The van der Waals surface area contributed by atoms with Gasteiger partial charge in [0.2, 0.25) is 11.8 Å². The van der Waals surface area contributed by atoms with Crippen molar-refractivity contribution in [2.24, 2.45) is 11.7 Å². The average Bonchev–Trinajstić information content (AvgIpc) is 2.67. The van der Waals surface area contributed by atoms with Crippen LogP contribution in [0, 0.1) is 17.2 Å². The molecule has 3 rings (SSSR count). The zero-order valence-corrected chi connectivity index (χ0v) is 15.1. The molecule has 1 aromatic rings. The molecule has 0 saturated carbocycles. The number of rotatable bonds is 4. The minimum Gasteiger partial charge on any atom is -0.369 e. The Morgan fingerprint density at radius 3 is 2.65 bits per heavy atom. The number of likely N-dealkylation sites (tertiary alicyclic amines) is 2. The molecule has 2 fully saturated rings. The minimum absolute atomic E-state index is 0.0263. The molecule has 0 aliphatic carbocycles. The highest BCUT2D eigenvalue weighted by atomic mass is 16.2. The molecular formula is C20H26N4O2. The summed E-state index contributed by atoms with van der Waals surface area (Å²) in [6.45, 7) is 3.22. The first kappa shape index (κ1) is 18.4. The molecule has 2 amide bonds. The summed E-state index contributed by atoms with van der Waals surface area (Å²) < 4.78 is 0. The van der Waals surface area contributed by atoms with E-state index < -0.39 is 0 Å². The lowest BCUT2D eigenvalue weighted by atomic mass is 9.87. The lowest BCUT2D eigenvalue weighted by Crippen LogP contribution is -2.48. The van der Waals surface area contributed by atoms with Crippen molar-refractivity contribution in [3.05, 3.63) is 35.4 Å². The highest BCUT2D eigenvalue weighted by Crippen LogP contribution is 2.30. The quantitative estimate of drug-likeness (QED) is 0.886. The van der Waals surface area contributed by atoms with Crippen LogP contribution in [0.3, 0.4) is 0 Å². The van der Waals surface area contributed by atoms with Gasteiger partial charge in [0.15, 0.2) is 0 Å². The second-order valence-electron chi connectivity index (χ2n) is 7.38. The number of piperidine rings is 2. The lowest BCUT2D eigenvalue weighted by molar-refractivity contribution is -0.139. The van der Waals surface area contributed by atoms with Gasteiger partial charge in [-0.25, -0.2) is 0 Å². The smallest absolute Gasteiger partial charge is 0.231 e. The van der Waals surface area contributed by atoms with Crippen LogP contribution in [0.5, 0.6) is 0 Å². The van der Waals surface area contributed by atoms with E-state index in [4.69, 9.17) is 11.0 Å². The van der Waals surface area contributed by atoms with Crippen molar-refractivity contribution < 1.29 is 9.59 Å². The Labute approximate surface area is 154 Å².